The van der Waals surface area contributed by atoms with E-state index < -0.39 is 0 Å². The predicted octanol–water partition coefficient (Wildman–Crippen LogP) is 2.74. The Hall–Kier alpha value is -1.78. The number of epoxide rings is 1. The molecule has 0 spiro atoms. The first-order valence-electron chi connectivity index (χ1n) is 6.93. The van der Waals surface area contributed by atoms with Crippen molar-refractivity contribution in [3.63, 3.8) is 0 Å². The van der Waals surface area contributed by atoms with Crippen LogP contribution < -0.4 is 9.47 Å². The van der Waals surface area contributed by atoms with Crippen molar-refractivity contribution in [2.75, 3.05) is 19.8 Å². The molecule has 0 aliphatic carbocycles. The Balaban J connectivity index is 1.53. The standard InChI is InChI=1S/C16H16O4/c1-3-13(18-9-15-10-19-15)7-12-8-14(4-2-11(1)12)20-16-5-6-17-16/h1-4,7-8,15-16H,5-6,9-10H2. The highest BCUT2D eigenvalue weighted by Crippen LogP contribution is 2.27. The first-order chi connectivity index (χ1) is 9.87. The molecule has 2 saturated heterocycles. The molecule has 0 radical (unpaired) electrons. The maximum absolute atomic E-state index is 5.72. The van der Waals surface area contributed by atoms with Crippen LogP contribution in [0.15, 0.2) is 36.4 Å². The topological polar surface area (TPSA) is 40.2 Å². The van der Waals surface area contributed by atoms with Crippen molar-refractivity contribution in [2.45, 2.75) is 18.8 Å². The molecule has 4 nitrogen and oxygen atoms in total. The SMILES string of the molecule is c1cc2ccc(OC3CCO3)cc2cc1OCC1CO1. The fraction of sp³-hybridized carbons (Fsp3) is 0.375. The molecule has 2 heterocycles. The van der Waals surface area contributed by atoms with E-state index in [9.17, 15) is 0 Å². The van der Waals surface area contributed by atoms with Gasteiger partial charge in [-0.1, -0.05) is 12.1 Å². The van der Waals surface area contributed by atoms with Gasteiger partial charge in [-0.3, -0.25) is 0 Å². The van der Waals surface area contributed by atoms with Crippen molar-refractivity contribution >= 4 is 10.8 Å². The zero-order valence-corrected chi connectivity index (χ0v) is 11.1. The van der Waals surface area contributed by atoms with E-state index >= 15 is 0 Å². The van der Waals surface area contributed by atoms with Gasteiger partial charge in [0.2, 0.25) is 6.29 Å². The lowest BCUT2D eigenvalue weighted by molar-refractivity contribution is -0.165. The minimum absolute atomic E-state index is 0.0844. The lowest BCUT2D eigenvalue weighted by Crippen LogP contribution is -2.32. The molecule has 2 aromatic rings. The Morgan fingerprint density at radius 3 is 2.45 bits per heavy atom. The third kappa shape index (κ3) is 2.57. The van der Waals surface area contributed by atoms with Crippen LogP contribution in [0.2, 0.25) is 0 Å². The molecular weight excluding hydrogens is 256 g/mol. The third-order valence-electron chi connectivity index (χ3n) is 3.55. The Bertz CT molecular complexity index is 617. The second-order valence-electron chi connectivity index (χ2n) is 5.14. The molecule has 4 heteroatoms. The Labute approximate surface area is 117 Å². The normalized spacial score (nSPS) is 24.2. The molecule has 2 aliphatic heterocycles. The van der Waals surface area contributed by atoms with Crippen LogP contribution in [0.5, 0.6) is 11.5 Å². The minimum Gasteiger partial charge on any atom is -0.491 e. The Morgan fingerprint density at radius 2 is 1.75 bits per heavy atom. The van der Waals surface area contributed by atoms with E-state index in [1.165, 1.54) is 5.39 Å². The quantitative estimate of drug-likeness (QED) is 0.785. The molecule has 0 amide bonds. The molecule has 104 valence electrons. The second-order valence-corrected chi connectivity index (χ2v) is 5.14. The molecule has 0 N–H and O–H groups in total. The van der Waals surface area contributed by atoms with E-state index in [0.29, 0.717) is 6.61 Å². The van der Waals surface area contributed by atoms with Gasteiger partial charge in [0.25, 0.3) is 0 Å². The summed E-state index contributed by atoms with van der Waals surface area (Å²) >= 11 is 0. The number of benzene rings is 2. The highest BCUT2D eigenvalue weighted by atomic mass is 16.7. The summed E-state index contributed by atoms with van der Waals surface area (Å²) < 4.78 is 21.8. The fourth-order valence-electron chi connectivity index (χ4n) is 2.18. The lowest BCUT2D eigenvalue weighted by atomic mass is 10.1. The fourth-order valence-corrected chi connectivity index (χ4v) is 2.18. The molecule has 0 saturated carbocycles. The first kappa shape index (κ1) is 12.0. The number of hydrogen-bond donors (Lipinski definition) is 0. The summed E-state index contributed by atoms with van der Waals surface area (Å²) in [5, 5.41) is 2.28. The van der Waals surface area contributed by atoms with Gasteiger partial charge in [0.05, 0.1) is 13.2 Å². The van der Waals surface area contributed by atoms with Gasteiger partial charge in [0, 0.05) is 6.42 Å². The van der Waals surface area contributed by atoms with Crippen LogP contribution in [-0.2, 0) is 9.47 Å². The van der Waals surface area contributed by atoms with Crippen LogP contribution >= 0.6 is 0 Å². The van der Waals surface area contributed by atoms with Crippen LogP contribution in [0.3, 0.4) is 0 Å². The Kier molecular flexibility index (Phi) is 2.98. The van der Waals surface area contributed by atoms with Crippen molar-refractivity contribution in [2.24, 2.45) is 0 Å². The molecule has 2 aliphatic rings. The van der Waals surface area contributed by atoms with E-state index in [-0.39, 0.29) is 12.4 Å². The smallest absolute Gasteiger partial charge is 0.202 e. The van der Waals surface area contributed by atoms with Crippen molar-refractivity contribution in [1.82, 2.24) is 0 Å². The first-order valence-corrected chi connectivity index (χ1v) is 6.93. The summed E-state index contributed by atoms with van der Waals surface area (Å²) in [6.07, 6.45) is 1.15. The summed E-state index contributed by atoms with van der Waals surface area (Å²) in [6, 6.07) is 12.1. The van der Waals surface area contributed by atoms with Crippen molar-refractivity contribution in [3.05, 3.63) is 36.4 Å². The van der Waals surface area contributed by atoms with Crippen molar-refractivity contribution in [3.8, 4) is 11.5 Å². The van der Waals surface area contributed by atoms with Crippen LogP contribution in [0.4, 0.5) is 0 Å². The number of fused-ring (bicyclic) bond motifs is 1. The molecular formula is C16H16O4. The molecule has 0 aromatic heterocycles. The van der Waals surface area contributed by atoms with Crippen LogP contribution in [0, 0.1) is 0 Å². The molecule has 20 heavy (non-hydrogen) atoms. The van der Waals surface area contributed by atoms with Gasteiger partial charge in [0.15, 0.2) is 0 Å². The van der Waals surface area contributed by atoms with Gasteiger partial charge in [0.1, 0.15) is 24.2 Å². The number of hydrogen-bond acceptors (Lipinski definition) is 4. The van der Waals surface area contributed by atoms with Crippen molar-refractivity contribution in [1.29, 1.82) is 0 Å². The van der Waals surface area contributed by atoms with E-state index in [4.69, 9.17) is 18.9 Å². The summed E-state index contributed by atoms with van der Waals surface area (Å²) in [5.41, 5.74) is 0. The number of ether oxygens (including phenoxy) is 4. The summed E-state index contributed by atoms with van der Waals surface area (Å²) in [7, 11) is 0. The van der Waals surface area contributed by atoms with E-state index in [1.807, 2.05) is 24.3 Å². The van der Waals surface area contributed by atoms with E-state index in [0.717, 1.165) is 36.5 Å². The van der Waals surface area contributed by atoms with Gasteiger partial charge in [-0.15, -0.1) is 0 Å². The minimum atomic E-state index is -0.0844. The molecule has 2 atom stereocenters. The van der Waals surface area contributed by atoms with Gasteiger partial charge in [-0.2, -0.15) is 0 Å². The molecule has 4 rings (SSSR count). The largest absolute Gasteiger partial charge is 0.491 e. The monoisotopic (exact) mass is 272 g/mol. The van der Waals surface area contributed by atoms with Gasteiger partial charge in [-0.25, -0.2) is 0 Å². The highest BCUT2D eigenvalue weighted by molar-refractivity contribution is 5.85. The lowest BCUT2D eigenvalue weighted by Gasteiger charge is -2.26. The number of rotatable bonds is 5. The van der Waals surface area contributed by atoms with Crippen LogP contribution in [0.1, 0.15) is 6.42 Å². The highest BCUT2D eigenvalue weighted by Gasteiger charge is 2.23. The summed E-state index contributed by atoms with van der Waals surface area (Å²) in [5.74, 6) is 1.70. The van der Waals surface area contributed by atoms with E-state index in [1.54, 1.807) is 0 Å². The molecule has 0 bridgehead atoms. The average molecular weight is 272 g/mol. The third-order valence-corrected chi connectivity index (χ3v) is 3.55. The maximum atomic E-state index is 5.72. The molecule has 2 unspecified atom stereocenters. The van der Waals surface area contributed by atoms with E-state index in [2.05, 4.69) is 12.1 Å². The molecule has 2 aromatic carbocycles. The predicted molar refractivity (Wildman–Crippen MR) is 74.2 cm³/mol. The average Bonchev–Trinajstić information content (AvgIpc) is 3.24. The zero-order chi connectivity index (χ0) is 13.4. The van der Waals surface area contributed by atoms with Crippen LogP contribution in [-0.4, -0.2) is 32.2 Å². The molecule has 2 fully saturated rings. The maximum Gasteiger partial charge on any atom is 0.202 e. The zero-order valence-electron chi connectivity index (χ0n) is 11.1. The van der Waals surface area contributed by atoms with Gasteiger partial charge in [-0.05, 0) is 35.0 Å². The Morgan fingerprint density at radius 1 is 1.00 bits per heavy atom. The van der Waals surface area contributed by atoms with Gasteiger partial charge < -0.3 is 18.9 Å². The summed E-state index contributed by atoms with van der Waals surface area (Å²) in [4.78, 5) is 0. The van der Waals surface area contributed by atoms with Crippen molar-refractivity contribution < 1.29 is 18.9 Å². The van der Waals surface area contributed by atoms with Crippen LogP contribution in [0.25, 0.3) is 10.8 Å². The second kappa shape index (κ2) is 4.96. The van der Waals surface area contributed by atoms with Gasteiger partial charge >= 0.3 is 0 Å². The summed E-state index contributed by atoms with van der Waals surface area (Å²) in [6.45, 7) is 2.23.